The molecule has 0 saturated carbocycles. The zero-order valence-corrected chi connectivity index (χ0v) is 18.8. The van der Waals surface area contributed by atoms with Gasteiger partial charge < -0.3 is 14.8 Å². The fourth-order valence-corrected chi connectivity index (χ4v) is 5.06. The highest BCUT2D eigenvalue weighted by molar-refractivity contribution is 7.17. The third-order valence-corrected chi connectivity index (χ3v) is 6.31. The minimum absolute atomic E-state index is 0.0432. The van der Waals surface area contributed by atoms with Gasteiger partial charge in [0.15, 0.2) is 0 Å². The van der Waals surface area contributed by atoms with Gasteiger partial charge in [0.2, 0.25) is 0 Å². The van der Waals surface area contributed by atoms with E-state index in [0.29, 0.717) is 22.7 Å². The average molecular weight is 439 g/mol. The molecular formula is C24H26N2O4S. The molecule has 1 aromatic carbocycles. The van der Waals surface area contributed by atoms with Gasteiger partial charge in [-0.3, -0.25) is 4.79 Å². The number of ether oxygens (including phenoxy) is 2. The third kappa shape index (κ3) is 5.15. The Bertz CT molecular complexity index is 1030. The van der Waals surface area contributed by atoms with E-state index < -0.39 is 11.9 Å². The van der Waals surface area contributed by atoms with Gasteiger partial charge in [-0.15, -0.1) is 11.3 Å². The molecule has 1 aliphatic rings. The molecule has 1 N–H and O–H groups in total. The lowest BCUT2D eigenvalue weighted by Crippen LogP contribution is -2.17. The predicted octanol–water partition coefficient (Wildman–Crippen LogP) is 5.31. The summed E-state index contributed by atoms with van der Waals surface area (Å²) in [5, 5.41) is 12.8. The van der Waals surface area contributed by atoms with Crippen molar-refractivity contribution in [1.29, 1.82) is 5.26 Å². The summed E-state index contributed by atoms with van der Waals surface area (Å²) in [5.74, 6) is -0.0360. The number of hydrogen-bond donors (Lipinski definition) is 1. The van der Waals surface area contributed by atoms with Crippen molar-refractivity contribution in [3.05, 3.63) is 51.4 Å². The molecule has 0 fully saturated rings. The Hall–Kier alpha value is -3.11. The zero-order valence-electron chi connectivity index (χ0n) is 18.0. The molecular weight excluding hydrogens is 412 g/mol. The van der Waals surface area contributed by atoms with Crippen molar-refractivity contribution < 1.29 is 19.1 Å². The highest BCUT2D eigenvalue weighted by Gasteiger charge is 2.31. The fourth-order valence-electron chi connectivity index (χ4n) is 3.72. The van der Waals surface area contributed by atoms with Gasteiger partial charge in [0.05, 0.1) is 18.8 Å². The van der Waals surface area contributed by atoms with Crippen LogP contribution in [0.4, 0.5) is 5.00 Å². The van der Waals surface area contributed by atoms with E-state index in [1.165, 1.54) is 17.4 Å². The number of fused-ring (bicyclic) bond motifs is 1. The first-order valence-electron chi connectivity index (χ1n) is 10.5. The minimum atomic E-state index is -0.548. The number of anilines is 1. The van der Waals surface area contributed by atoms with E-state index in [9.17, 15) is 14.9 Å². The van der Waals surface area contributed by atoms with E-state index in [4.69, 9.17) is 9.47 Å². The number of carbonyl (C=O) groups excluding carboxylic acids is 2. The monoisotopic (exact) mass is 438 g/mol. The van der Waals surface area contributed by atoms with E-state index in [0.717, 1.165) is 35.5 Å². The second-order valence-corrected chi connectivity index (χ2v) is 8.39. The summed E-state index contributed by atoms with van der Waals surface area (Å²) >= 11 is 1.40. The molecule has 6 nitrogen and oxygen atoms in total. The molecule has 1 aromatic heterocycles. The zero-order chi connectivity index (χ0) is 22.4. The molecule has 7 heteroatoms. The quantitative estimate of drug-likeness (QED) is 0.360. The smallest absolute Gasteiger partial charge is 0.341 e. The van der Waals surface area contributed by atoms with Crippen LogP contribution in [-0.4, -0.2) is 25.1 Å². The van der Waals surface area contributed by atoms with Crippen LogP contribution in [0.15, 0.2) is 29.8 Å². The van der Waals surface area contributed by atoms with Crippen LogP contribution in [0, 0.1) is 11.3 Å². The summed E-state index contributed by atoms with van der Waals surface area (Å²) in [6.45, 7) is 6.57. The molecule has 31 heavy (non-hydrogen) atoms. The standard InChI is InChI=1S/C24H26N2O4S/c1-4-29-18-11-9-16(10-12-18)13-17(14-25)22(27)26-23-21(24(28)30-5-2)20-15(3)7-6-8-19(20)31-23/h9-13,15H,4-8H2,1-3H3,(H,26,27). The highest BCUT2D eigenvalue weighted by Crippen LogP contribution is 2.43. The third-order valence-electron chi connectivity index (χ3n) is 5.13. The normalized spacial score (nSPS) is 15.5. The summed E-state index contributed by atoms with van der Waals surface area (Å²) in [6.07, 6.45) is 4.43. The van der Waals surface area contributed by atoms with Crippen LogP contribution >= 0.6 is 11.3 Å². The molecule has 0 radical (unpaired) electrons. The Morgan fingerprint density at radius 2 is 2.00 bits per heavy atom. The number of rotatable bonds is 7. The minimum Gasteiger partial charge on any atom is -0.494 e. The fraction of sp³-hybridized carbons (Fsp3) is 0.375. The van der Waals surface area contributed by atoms with Gasteiger partial charge in [-0.1, -0.05) is 19.1 Å². The first-order valence-corrected chi connectivity index (χ1v) is 11.3. The van der Waals surface area contributed by atoms with Gasteiger partial charge in [0, 0.05) is 4.88 Å². The number of benzene rings is 1. The van der Waals surface area contributed by atoms with E-state index in [-0.39, 0.29) is 18.1 Å². The Labute approximate surface area is 186 Å². The molecule has 2 aromatic rings. The van der Waals surface area contributed by atoms with Crippen LogP contribution in [0.5, 0.6) is 5.75 Å². The lowest BCUT2D eigenvalue weighted by molar-refractivity contribution is -0.112. The Morgan fingerprint density at radius 1 is 1.26 bits per heavy atom. The Kier molecular flexibility index (Phi) is 7.48. The molecule has 0 spiro atoms. The van der Waals surface area contributed by atoms with Crippen LogP contribution < -0.4 is 10.1 Å². The average Bonchev–Trinajstić information content (AvgIpc) is 3.12. The van der Waals surface area contributed by atoms with Crippen molar-refractivity contribution in [2.24, 2.45) is 0 Å². The molecule has 1 heterocycles. The van der Waals surface area contributed by atoms with E-state index in [1.54, 1.807) is 31.2 Å². The van der Waals surface area contributed by atoms with Gasteiger partial charge in [0.1, 0.15) is 22.4 Å². The van der Waals surface area contributed by atoms with Gasteiger partial charge in [-0.25, -0.2) is 4.79 Å². The largest absolute Gasteiger partial charge is 0.494 e. The van der Waals surface area contributed by atoms with Gasteiger partial charge >= 0.3 is 5.97 Å². The van der Waals surface area contributed by atoms with Gasteiger partial charge in [0.25, 0.3) is 5.91 Å². The van der Waals surface area contributed by atoms with E-state index in [2.05, 4.69) is 12.2 Å². The lowest BCUT2D eigenvalue weighted by atomic mass is 9.86. The summed E-state index contributed by atoms with van der Waals surface area (Å²) in [5.41, 5.74) is 2.07. The SMILES string of the molecule is CCOC(=O)c1c(NC(=O)C(C#N)=Cc2ccc(OCC)cc2)sc2c1C(C)CCC2. The number of amides is 1. The van der Waals surface area contributed by atoms with Crippen LogP contribution in [0.2, 0.25) is 0 Å². The number of aryl methyl sites for hydroxylation is 1. The summed E-state index contributed by atoms with van der Waals surface area (Å²) in [6, 6.07) is 9.10. The number of nitrogens with one attached hydrogen (secondary N) is 1. The Morgan fingerprint density at radius 3 is 2.65 bits per heavy atom. The lowest BCUT2D eigenvalue weighted by Gasteiger charge is -2.19. The maximum absolute atomic E-state index is 12.9. The van der Waals surface area contributed by atoms with Crippen LogP contribution in [0.1, 0.15) is 65.9 Å². The van der Waals surface area contributed by atoms with Crippen molar-refractivity contribution in [3.8, 4) is 11.8 Å². The van der Waals surface area contributed by atoms with E-state index in [1.807, 2.05) is 13.0 Å². The van der Waals surface area contributed by atoms with Crippen molar-refractivity contribution in [2.75, 3.05) is 18.5 Å². The van der Waals surface area contributed by atoms with Crippen LogP contribution in [0.3, 0.4) is 0 Å². The molecule has 3 rings (SSSR count). The Balaban J connectivity index is 1.89. The molecule has 1 unspecified atom stereocenters. The van der Waals surface area contributed by atoms with Crippen molar-refractivity contribution in [2.45, 2.75) is 46.0 Å². The van der Waals surface area contributed by atoms with Crippen molar-refractivity contribution in [3.63, 3.8) is 0 Å². The van der Waals surface area contributed by atoms with Crippen LogP contribution in [0.25, 0.3) is 6.08 Å². The molecule has 0 bridgehead atoms. The number of esters is 1. The van der Waals surface area contributed by atoms with Crippen LogP contribution in [-0.2, 0) is 16.0 Å². The highest BCUT2D eigenvalue weighted by atomic mass is 32.1. The molecule has 1 amide bonds. The van der Waals surface area contributed by atoms with Gasteiger partial charge in [-0.05, 0) is 68.4 Å². The van der Waals surface area contributed by atoms with Gasteiger partial charge in [-0.2, -0.15) is 5.26 Å². The predicted molar refractivity (Wildman–Crippen MR) is 121 cm³/mol. The molecule has 0 saturated heterocycles. The number of hydrogen-bond acceptors (Lipinski definition) is 6. The maximum Gasteiger partial charge on any atom is 0.341 e. The van der Waals surface area contributed by atoms with Crippen molar-refractivity contribution >= 4 is 34.3 Å². The molecule has 1 aliphatic carbocycles. The number of nitrogens with zero attached hydrogens (tertiary/aromatic N) is 1. The van der Waals surface area contributed by atoms with Crippen molar-refractivity contribution in [1.82, 2.24) is 0 Å². The van der Waals surface area contributed by atoms with E-state index >= 15 is 0 Å². The molecule has 0 aliphatic heterocycles. The molecule has 1 atom stereocenters. The summed E-state index contributed by atoms with van der Waals surface area (Å²) in [4.78, 5) is 26.7. The summed E-state index contributed by atoms with van der Waals surface area (Å²) in [7, 11) is 0. The number of nitriles is 1. The topological polar surface area (TPSA) is 88.4 Å². The second-order valence-electron chi connectivity index (χ2n) is 7.28. The maximum atomic E-state index is 12.9. The number of carbonyl (C=O) groups is 2. The molecule has 162 valence electrons. The second kappa shape index (κ2) is 10.3. The summed E-state index contributed by atoms with van der Waals surface area (Å²) < 4.78 is 10.7. The first-order chi connectivity index (χ1) is 15.0. The first kappa shape index (κ1) is 22.6. The number of thiophene rings is 1.